The highest BCUT2D eigenvalue weighted by molar-refractivity contribution is 6.44. The zero-order valence-electron chi connectivity index (χ0n) is 11.9. The smallest absolute Gasteiger partial charge is 0.259 e. The Labute approximate surface area is 138 Å². The van der Waals surface area contributed by atoms with Gasteiger partial charge in [0.2, 0.25) is 0 Å². The molecule has 0 aliphatic rings. The maximum atomic E-state index is 12.4. The van der Waals surface area contributed by atoms with Crippen LogP contribution in [-0.4, -0.2) is 26.2 Å². The van der Waals surface area contributed by atoms with E-state index in [-0.39, 0.29) is 5.91 Å². The summed E-state index contributed by atoms with van der Waals surface area (Å²) in [5.41, 5.74) is 0.862. The highest BCUT2D eigenvalue weighted by atomic mass is 35.5. The van der Waals surface area contributed by atoms with Crippen LogP contribution in [0.15, 0.2) is 42.5 Å². The lowest BCUT2D eigenvalue weighted by atomic mass is 10.2. The molecular weight excluding hydrogens is 325 g/mol. The van der Waals surface area contributed by atoms with Gasteiger partial charge in [0, 0.05) is 7.11 Å². The van der Waals surface area contributed by atoms with Crippen molar-refractivity contribution < 1.29 is 14.3 Å². The quantitative estimate of drug-likeness (QED) is 0.799. The summed E-state index contributed by atoms with van der Waals surface area (Å²) in [6.45, 7) is 0.800. The summed E-state index contributed by atoms with van der Waals surface area (Å²) in [6, 6.07) is 12.0. The van der Waals surface area contributed by atoms with Gasteiger partial charge in [-0.15, -0.1) is 0 Å². The number of nitrogens with one attached hydrogen (secondary N) is 1. The molecule has 22 heavy (non-hydrogen) atoms. The average Bonchev–Trinajstić information content (AvgIpc) is 2.52. The predicted octanol–water partition coefficient (Wildman–Crippen LogP) is 4.27. The number of hydrogen-bond donors (Lipinski definition) is 1. The van der Waals surface area contributed by atoms with Crippen molar-refractivity contribution in [2.24, 2.45) is 0 Å². The lowest BCUT2D eigenvalue weighted by Crippen LogP contribution is -2.15. The topological polar surface area (TPSA) is 47.6 Å². The van der Waals surface area contributed by atoms with Crippen LogP contribution >= 0.6 is 23.2 Å². The van der Waals surface area contributed by atoms with Gasteiger partial charge >= 0.3 is 0 Å². The first-order valence-corrected chi connectivity index (χ1v) is 7.35. The molecule has 0 heterocycles. The summed E-state index contributed by atoms with van der Waals surface area (Å²) in [4.78, 5) is 12.4. The molecule has 1 amide bonds. The SMILES string of the molecule is COCCOc1ccccc1C(=O)Nc1cccc(Cl)c1Cl. The van der Waals surface area contributed by atoms with E-state index in [9.17, 15) is 4.79 Å². The molecule has 0 saturated carbocycles. The van der Waals surface area contributed by atoms with Gasteiger partial charge < -0.3 is 14.8 Å². The molecule has 2 aromatic carbocycles. The van der Waals surface area contributed by atoms with E-state index >= 15 is 0 Å². The van der Waals surface area contributed by atoms with E-state index in [1.54, 1.807) is 49.6 Å². The molecule has 116 valence electrons. The van der Waals surface area contributed by atoms with E-state index in [1.807, 2.05) is 0 Å². The van der Waals surface area contributed by atoms with E-state index < -0.39 is 0 Å². The van der Waals surface area contributed by atoms with Crippen LogP contribution in [0.4, 0.5) is 5.69 Å². The van der Waals surface area contributed by atoms with E-state index in [4.69, 9.17) is 32.7 Å². The molecule has 0 unspecified atom stereocenters. The highest BCUT2D eigenvalue weighted by Crippen LogP contribution is 2.30. The summed E-state index contributed by atoms with van der Waals surface area (Å²) < 4.78 is 10.5. The monoisotopic (exact) mass is 339 g/mol. The number of halogens is 2. The number of anilines is 1. The van der Waals surface area contributed by atoms with Crippen LogP contribution in [0.2, 0.25) is 10.0 Å². The Hall–Kier alpha value is -1.75. The Morgan fingerprint density at radius 2 is 1.86 bits per heavy atom. The van der Waals surface area contributed by atoms with Gasteiger partial charge in [-0.3, -0.25) is 4.79 Å². The van der Waals surface area contributed by atoms with Gasteiger partial charge in [0.1, 0.15) is 12.4 Å². The minimum absolute atomic E-state index is 0.301. The summed E-state index contributed by atoms with van der Waals surface area (Å²) in [6.07, 6.45) is 0. The first-order valence-electron chi connectivity index (χ1n) is 6.59. The van der Waals surface area contributed by atoms with Gasteiger partial charge in [-0.05, 0) is 24.3 Å². The summed E-state index contributed by atoms with van der Waals surface area (Å²) in [5.74, 6) is 0.160. The maximum Gasteiger partial charge on any atom is 0.259 e. The Bertz CT molecular complexity index is 662. The molecule has 2 rings (SSSR count). The van der Waals surface area contributed by atoms with E-state index in [1.165, 1.54) is 0 Å². The van der Waals surface area contributed by atoms with E-state index in [0.29, 0.717) is 40.3 Å². The minimum Gasteiger partial charge on any atom is -0.490 e. The molecule has 1 N–H and O–H groups in total. The van der Waals surface area contributed by atoms with Gasteiger partial charge in [0.25, 0.3) is 5.91 Å². The first kappa shape index (κ1) is 16.6. The van der Waals surface area contributed by atoms with Crippen LogP contribution < -0.4 is 10.1 Å². The van der Waals surface area contributed by atoms with Crippen LogP contribution in [0, 0.1) is 0 Å². The zero-order valence-corrected chi connectivity index (χ0v) is 13.4. The third kappa shape index (κ3) is 4.13. The molecule has 0 bridgehead atoms. The molecule has 0 spiro atoms. The van der Waals surface area contributed by atoms with Crippen molar-refractivity contribution in [3.05, 3.63) is 58.1 Å². The molecule has 0 aliphatic carbocycles. The molecule has 2 aromatic rings. The highest BCUT2D eigenvalue weighted by Gasteiger charge is 2.14. The van der Waals surface area contributed by atoms with E-state index in [2.05, 4.69) is 5.32 Å². The van der Waals surface area contributed by atoms with Crippen LogP contribution in [-0.2, 0) is 4.74 Å². The van der Waals surface area contributed by atoms with Gasteiger partial charge in [0.05, 0.1) is 27.9 Å². The minimum atomic E-state index is -0.322. The molecule has 6 heteroatoms. The average molecular weight is 340 g/mol. The second-order valence-corrected chi connectivity index (χ2v) is 5.18. The second kappa shape index (κ2) is 8.03. The third-order valence-electron chi connectivity index (χ3n) is 2.88. The molecule has 0 aromatic heterocycles. The van der Waals surface area contributed by atoms with Crippen LogP contribution in [0.3, 0.4) is 0 Å². The number of carbonyl (C=O) groups excluding carboxylic acids is 1. The van der Waals surface area contributed by atoms with Crippen LogP contribution in [0.1, 0.15) is 10.4 Å². The van der Waals surface area contributed by atoms with Crippen LogP contribution in [0.25, 0.3) is 0 Å². The standard InChI is InChI=1S/C16H15Cl2NO3/c1-21-9-10-22-14-8-3-2-5-11(14)16(20)19-13-7-4-6-12(17)15(13)18/h2-8H,9-10H2,1H3,(H,19,20). The van der Waals surface area contributed by atoms with Crippen molar-refractivity contribution in [1.29, 1.82) is 0 Å². The molecule has 0 fully saturated rings. The number of ether oxygens (including phenoxy) is 2. The van der Waals surface area contributed by atoms with Crippen molar-refractivity contribution in [3.8, 4) is 5.75 Å². The van der Waals surface area contributed by atoms with Crippen molar-refractivity contribution in [1.82, 2.24) is 0 Å². The molecule has 0 aliphatic heterocycles. The summed E-state index contributed by atoms with van der Waals surface area (Å²) >= 11 is 12.0. The Balaban J connectivity index is 2.17. The Kier molecular flexibility index (Phi) is 6.07. The molecular formula is C16H15Cl2NO3. The molecule has 4 nitrogen and oxygen atoms in total. The number of amides is 1. The normalized spacial score (nSPS) is 10.3. The predicted molar refractivity (Wildman–Crippen MR) is 88.2 cm³/mol. The maximum absolute atomic E-state index is 12.4. The number of rotatable bonds is 6. The first-order chi connectivity index (χ1) is 10.6. The third-order valence-corrected chi connectivity index (χ3v) is 3.70. The van der Waals surface area contributed by atoms with Crippen molar-refractivity contribution >= 4 is 34.8 Å². The number of methoxy groups -OCH3 is 1. The Morgan fingerprint density at radius 1 is 1.09 bits per heavy atom. The summed E-state index contributed by atoms with van der Waals surface area (Å²) in [7, 11) is 1.59. The number of benzene rings is 2. The second-order valence-electron chi connectivity index (χ2n) is 4.39. The summed E-state index contributed by atoms with van der Waals surface area (Å²) in [5, 5.41) is 3.41. The van der Waals surface area contributed by atoms with Gasteiger partial charge in [0.15, 0.2) is 0 Å². The molecule has 0 saturated heterocycles. The molecule has 0 radical (unpaired) electrons. The lowest BCUT2D eigenvalue weighted by Gasteiger charge is -2.12. The zero-order chi connectivity index (χ0) is 15.9. The van der Waals surface area contributed by atoms with Gasteiger partial charge in [-0.25, -0.2) is 0 Å². The van der Waals surface area contributed by atoms with Crippen LogP contribution in [0.5, 0.6) is 5.75 Å². The number of carbonyl (C=O) groups is 1. The fraction of sp³-hybridized carbons (Fsp3) is 0.188. The van der Waals surface area contributed by atoms with Crippen molar-refractivity contribution in [2.75, 3.05) is 25.6 Å². The lowest BCUT2D eigenvalue weighted by molar-refractivity contribution is 0.101. The van der Waals surface area contributed by atoms with Crippen molar-refractivity contribution in [2.45, 2.75) is 0 Å². The number of para-hydroxylation sites is 1. The Morgan fingerprint density at radius 3 is 2.64 bits per heavy atom. The fourth-order valence-corrected chi connectivity index (χ4v) is 2.15. The van der Waals surface area contributed by atoms with Gasteiger partial charge in [-0.2, -0.15) is 0 Å². The molecule has 0 atom stereocenters. The van der Waals surface area contributed by atoms with Crippen molar-refractivity contribution in [3.63, 3.8) is 0 Å². The van der Waals surface area contributed by atoms with E-state index in [0.717, 1.165) is 0 Å². The largest absolute Gasteiger partial charge is 0.490 e. The number of hydrogen-bond acceptors (Lipinski definition) is 3. The van der Waals surface area contributed by atoms with Gasteiger partial charge in [-0.1, -0.05) is 41.4 Å². The fourth-order valence-electron chi connectivity index (χ4n) is 1.81.